The van der Waals surface area contributed by atoms with Gasteiger partial charge in [0.2, 0.25) is 0 Å². The van der Waals surface area contributed by atoms with Gasteiger partial charge in [-0.2, -0.15) is 0 Å². The summed E-state index contributed by atoms with van der Waals surface area (Å²) < 4.78 is 26.2. The summed E-state index contributed by atoms with van der Waals surface area (Å²) in [4.78, 5) is 0. The molecule has 0 saturated carbocycles. The van der Waals surface area contributed by atoms with E-state index in [2.05, 4.69) is 12.1 Å². The number of rotatable bonds is 8. The summed E-state index contributed by atoms with van der Waals surface area (Å²) in [6, 6.07) is 16.2. The molecule has 0 aliphatic rings. The van der Waals surface area contributed by atoms with Gasteiger partial charge >= 0.3 is 7.75 Å². The molecule has 0 amide bonds. The van der Waals surface area contributed by atoms with Crippen molar-refractivity contribution in [2.75, 3.05) is 24.4 Å². The Labute approximate surface area is 145 Å². The third kappa shape index (κ3) is 4.07. The normalized spacial score (nSPS) is 11.5. The fraction of sp³-hybridized carbons (Fsp3) is 0.368. The first-order chi connectivity index (χ1) is 11.6. The molecule has 2 aromatic carbocycles. The molecule has 2 rings (SSSR count). The van der Waals surface area contributed by atoms with Gasteiger partial charge in [0.25, 0.3) is 0 Å². The maximum Gasteiger partial charge on any atom is 0.435 e. The lowest BCUT2D eigenvalue weighted by Gasteiger charge is -2.32. The van der Waals surface area contributed by atoms with Crippen molar-refractivity contribution in [1.82, 2.24) is 0 Å². The zero-order valence-electron chi connectivity index (χ0n) is 14.9. The average Bonchev–Trinajstić information content (AvgIpc) is 2.57. The summed E-state index contributed by atoms with van der Waals surface area (Å²) in [5, 5.41) is 0. The van der Waals surface area contributed by atoms with E-state index in [-0.39, 0.29) is 0 Å². The quantitative estimate of drug-likeness (QED) is 0.577. The number of benzene rings is 2. The maximum atomic E-state index is 13.3. The number of aryl methyl sites for hydroxylation is 1. The molecule has 24 heavy (non-hydrogen) atoms. The Kier molecular flexibility index (Phi) is 6.61. The lowest BCUT2D eigenvalue weighted by atomic mass is 10.0. The molecule has 130 valence electrons. The molecule has 0 atom stereocenters. The summed E-state index contributed by atoms with van der Waals surface area (Å²) in [6.45, 7) is 8.84. The van der Waals surface area contributed by atoms with Crippen LogP contribution in [0.15, 0.2) is 48.5 Å². The highest BCUT2D eigenvalue weighted by Gasteiger charge is 2.33. The van der Waals surface area contributed by atoms with Gasteiger partial charge in [-0.1, -0.05) is 42.5 Å². The van der Waals surface area contributed by atoms with Crippen molar-refractivity contribution in [3.8, 4) is 11.1 Å². The second-order valence-electron chi connectivity index (χ2n) is 5.41. The SMILES string of the molecule is CCOP(=O)(OCC)N(CC)c1cc(C)ccc1-c1ccccc1. The van der Waals surface area contributed by atoms with Gasteiger partial charge in [0.15, 0.2) is 0 Å². The van der Waals surface area contributed by atoms with Crippen LogP contribution in [0.4, 0.5) is 5.69 Å². The van der Waals surface area contributed by atoms with E-state index in [1.165, 1.54) is 0 Å². The molecule has 0 saturated heterocycles. The van der Waals surface area contributed by atoms with Crippen LogP contribution in [0.5, 0.6) is 0 Å². The van der Waals surface area contributed by atoms with E-state index in [9.17, 15) is 4.57 Å². The lowest BCUT2D eigenvalue weighted by Crippen LogP contribution is -2.23. The van der Waals surface area contributed by atoms with Crippen molar-refractivity contribution in [2.24, 2.45) is 0 Å². The maximum absolute atomic E-state index is 13.3. The first-order valence-electron chi connectivity index (χ1n) is 8.38. The molecule has 0 aromatic heterocycles. The fourth-order valence-electron chi connectivity index (χ4n) is 2.70. The second-order valence-corrected chi connectivity index (χ2v) is 7.34. The van der Waals surface area contributed by atoms with E-state index < -0.39 is 7.75 Å². The molecular formula is C19H26NO3P. The molecule has 5 heteroatoms. The van der Waals surface area contributed by atoms with Crippen molar-refractivity contribution in [2.45, 2.75) is 27.7 Å². The molecule has 4 nitrogen and oxygen atoms in total. The van der Waals surface area contributed by atoms with Crippen molar-refractivity contribution in [3.05, 3.63) is 54.1 Å². The average molecular weight is 347 g/mol. The van der Waals surface area contributed by atoms with Crippen molar-refractivity contribution in [3.63, 3.8) is 0 Å². The topological polar surface area (TPSA) is 38.8 Å². The van der Waals surface area contributed by atoms with Crippen LogP contribution < -0.4 is 4.67 Å². The van der Waals surface area contributed by atoms with Crippen LogP contribution in [0.25, 0.3) is 11.1 Å². The van der Waals surface area contributed by atoms with Gasteiger partial charge in [0.05, 0.1) is 18.9 Å². The van der Waals surface area contributed by atoms with E-state index in [1.54, 1.807) is 4.67 Å². The van der Waals surface area contributed by atoms with Crippen molar-refractivity contribution in [1.29, 1.82) is 0 Å². The van der Waals surface area contributed by atoms with E-state index in [0.29, 0.717) is 19.8 Å². The molecule has 0 N–H and O–H groups in total. The summed E-state index contributed by atoms with van der Waals surface area (Å²) in [6.07, 6.45) is 0. The van der Waals surface area contributed by atoms with Crippen LogP contribution in [0.1, 0.15) is 26.3 Å². The summed E-state index contributed by atoms with van der Waals surface area (Å²) >= 11 is 0. The molecule has 0 fully saturated rings. The molecule has 0 heterocycles. The lowest BCUT2D eigenvalue weighted by molar-refractivity contribution is 0.218. The highest BCUT2D eigenvalue weighted by atomic mass is 31.2. The minimum absolute atomic E-state index is 0.334. The fourth-order valence-corrected chi connectivity index (χ4v) is 4.48. The third-order valence-electron chi connectivity index (χ3n) is 3.70. The predicted octanol–water partition coefficient (Wildman–Crippen LogP) is 5.67. The Morgan fingerprint density at radius 2 is 1.58 bits per heavy atom. The van der Waals surface area contributed by atoms with Crippen LogP contribution in [0.3, 0.4) is 0 Å². The van der Waals surface area contributed by atoms with E-state index in [0.717, 1.165) is 22.4 Å². The number of nitrogens with zero attached hydrogens (tertiary/aromatic N) is 1. The van der Waals surface area contributed by atoms with Gasteiger partial charge in [-0.3, -0.25) is 13.7 Å². The zero-order valence-corrected chi connectivity index (χ0v) is 15.8. The second kappa shape index (κ2) is 8.48. The van der Waals surface area contributed by atoms with Crippen LogP contribution in [-0.2, 0) is 13.6 Å². The molecular weight excluding hydrogens is 321 g/mol. The van der Waals surface area contributed by atoms with Gasteiger partial charge in [-0.25, -0.2) is 4.57 Å². The van der Waals surface area contributed by atoms with E-state index in [1.807, 2.05) is 64.1 Å². The molecule has 0 aliphatic carbocycles. The third-order valence-corrected chi connectivity index (χ3v) is 5.95. The molecule has 0 unspecified atom stereocenters. The smallest absolute Gasteiger partial charge is 0.292 e. The molecule has 0 bridgehead atoms. The van der Waals surface area contributed by atoms with E-state index in [4.69, 9.17) is 9.05 Å². The van der Waals surface area contributed by atoms with E-state index >= 15 is 0 Å². The van der Waals surface area contributed by atoms with Gasteiger partial charge in [0, 0.05) is 12.1 Å². The van der Waals surface area contributed by atoms with Gasteiger partial charge in [-0.15, -0.1) is 0 Å². The minimum Gasteiger partial charge on any atom is -0.292 e. The van der Waals surface area contributed by atoms with Gasteiger partial charge in [-0.05, 0) is 44.9 Å². The number of hydrogen-bond acceptors (Lipinski definition) is 3. The molecule has 0 aliphatic heterocycles. The number of anilines is 1. The Hall–Kier alpha value is -1.61. The molecule has 2 aromatic rings. The van der Waals surface area contributed by atoms with Crippen LogP contribution in [-0.4, -0.2) is 19.8 Å². The highest BCUT2D eigenvalue weighted by Crippen LogP contribution is 2.55. The van der Waals surface area contributed by atoms with Gasteiger partial charge in [0.1, 0.15) is 0 Å². The zero-order chi connectivity index (χ0) is 17.6. The minimum atomic E-state index is -3.39. The Morgan fingerprint density at radius 1 is 0.958 bits per heavy atom. The van der Waals surface area contributed by atoms with Crippen molar-refractivity contribution >= 4 is 13.4 Å². The number of hydrogen-bond donors (Lipinski definition) is 0. The summed E-state index contributed by atoms with van der Waals surface area (Å²) in [5.74, 6) is 0. The highest BCUT2D eigenvalue weighted by molar-refractivity contribution is 7.55. The van der Waals surface area contributed by atoms with Gasteiger partial charge < -0.3 is 0 Å². The first-order valence-corrected chi connectivity index (χ1v) is 9.88. The standard InChI is InChI=1S/C19H26NO3P/c1-5-20(24(21,22-6-2)23-7-3)19-15-16(4)13-14-18(19)17-11-9-8-10-12-17/h8-15H,5-7H2,1-4H3. The monoisotopic (exact) mass is 347 g/mol. The molecule has 0 spiro atoms. The summed E-state index contributed by atoms with van der Waals surface area (Å²) in [5.41, 5.74) is 4.06. The predicted molar refractivity (Wildman–Crippen MR) is 100 cm³/mol. The van der Waals surface area contributed by atoms with Crippen LogP contribution in [0.2, 0.25) is 0 Å². The Balaban J connectivity index is 2.59. The van der Waals surface area contributed by atoms with Crippen LogP contribution >= 0.6 is 7.75 Å². The largest absolute Gasteiger partial charge is 0.435 e. The van der Waals surface area contributed by atoms with Crippen molar-refractivity contribution < 1.29 is 13.6 Å². The van der Waals surface area contributed by atoms with Crippen LogP contribution in [0, 0.1) is 6.92 Å². The Bertz CT molecular complexity index is 693. The first kappa shape index (κ1) is 18.7. The Morgan fingerprint density at radius 3 is 2.12 bits per heavy atom. The summed E-state index contributed by atoms with van der Waals surface area (Å²) in [7, 11) is -3.39. The molecule has 0 radical (unpaired) electrons.